The molecule has 2 saturated heterocycles. The third kappa shape index (κ3) is 5.08. The third-order valence-electron chi connectivity index (χ3n) is 6.13. The Kier molecular flexibility index (Phi) is 6.58. The lowest BCUT2D eigenvalue weighted by Crippen LogP contribution is -2.40. The fourth-order valence-corrected chi connectivity index (χ4v) is 4.39. The summed E-state index contributed by atoms with van der Waals surface area (Å²) in [5, 5.41) is 3.76. The van der Waals surface area contributed by atoms with Crippen LogP contribution in [0.4, 0.5) is 0 Å². The van der Waals surface area contributed by atoms with E-state index in [0.717, 1.165) is 56.8 Å². The Hall–Kier alpha value is -2.84. The fourth-order valence-electron chi connectivity index (χ4n) is 4.39. The van der Waals surface area contributed by atoms with Gasteiger partial charge in [0.25, 0.3) is 5.91 Å². The van der Waals surface area contributed by atoms with Gasteiger partial charge in [0, 0.05) is 51.1 Å². The van der Waals surface area contributed by atoms with Gasteiger partial charge in [-0.2, -0.15) is 4.98 Å². The summed E-state index contributed by atoms with van der Waals surface area (Å²) in [5.74, 6) is 1.98. The molecule has 2 aliphatic rings. The topological polar surface area (TPSA) is 105 Å². The summed E-state index contributed by atoms with van der Waals surface area (Å²) >= 11 is 0. The molecule has 0 N–H and O–H groups in total. The highest BCUT2D eigenvalue weighted by Gasteiger charge is 2.28. The van der Waals surface area contributed by atoms with E-state index < -0.39 is 0 Å². The number of likely N-dealkylation sites (tertiary alicyclic amines) is 2. The van der Waals surface area contributed by atoms with Crippen molar-refractivity contribution in [1.82, 2.24) is 29.9 Å². The Morgan fingerprint density at radius 3 is 2.55 bits per heavy atom. The molecule has 2 aromatic heterocycles. The first-order chi connectivity index (χ1) is 15.0. The molecule has 9 nitrogen and oxygen atoms in total. The molecule has 2 fully saturated rings. The molecule has 0 spiro atoms. The number of aromatic nitrogens is 4. The van der Waals surface area contributed by atoms with Crippen LogP contribution in [0.5, 0.6) is 0 Å². The van der Waals surface area contributed by atoms with E-state index in [0.29, 0.717) is 36.7 Å². The molecule has 4 heterocycles. The van der Waals surface area contributed by atoms with Gasteiger partial charge in [-0.15, -0.1) is 0 Å². The number of amides is 2. The molecule has 4 rings (SSSR count). The maximum atomic E-state index is 12.8. The summed E-state index contributed by atoms with van der Waals surface area (Å²) < 4.78 is 5.10. The van der Waals surface area contributed by atoms with Crippen molar-refractivity contribution in [3.05, 3.63) is 35.0 Å². The van der Waals surface area contributed by atoms with Gasteiger partial charge in [-0.3, -0.25) is 9.59 Å². The smallest absolute Gasteiger partial charge is 0.257 e. The van der Waals surface area contributed by atoms with Crippen LogP contribution in [0.3, 0.4) is 0 Å². The van der Waals surface area contributed by atoms with E-state index in [4.69, 9.17) is 4.52 Å². The fraction of sp³-hybridized carbons (Fsp3) is 0.636. The molecule has 1 atom stereocenters. The first-order valence-electron chi connectivity index (χ1n) is 11.2. The number of piperidine rings is 2. The minimum Gasteiger partial charge on any atom is -0.342 e. The van der Waals surface area contributed by atoms with E-state index in [1.54, 1.807) is 13.1 Å². The molecule has 2 amide bonds. The van der Waals surface area contributed by atoms with Gasteiger partial charge in [0.05, 0.1) is 11.3 Å². The quantitative estimate of drug-likeness (QED) is 0.723. The van der Waals surface area contributed by atoms with Gasteiger partial charge < -0.3 is 14.3 Å². The molecule has 9 heteroatoms. The maximum absolute atomic E-state index is 12.8. The first kappa shape index (κ1) is 21.4. The molecular weight excluding hydrogens is 396 g/mol. The van der Waals surface area contributed by atoms with Gasteiger partial charge in [-0.05, 0) is 46.0 Å². The van der Waals surface area contributed by atoms with Crippen LogP contribution in [0.25, 0.3) is 0 Å². The van der Waals surface area contributed by atoms with Gasteiger partial charge in [-0.1, -0.05) is 5.16 Å². The van der Waals surface area contributed by atoms with Crippen LogP contribution < -0.4 is 0 Å². The van der Waals surface area contributed by atoms with Crippen molar-refractivity contribution in [2.45, 2.75) is 64.7 Å². The molecule has 0 saturated carbocycles. The highest BCUT2D eigenvalue weighted by atomic mass is 16.5. The SMILES string of the molecule is Cc1noc(CCC(=O)N2CCC[C@@H](c3ncc(C(=O)N4CCCCC4)c(C)n3)C2)n1. The van der Waals surface area contributed by atoms with Crippen molar-refractivity contribution in [3.63, 3.8) is 0 Å². The number of nitrogens with zero attached hydrogens (tertiary/aromatic N) is 6. The van der Waals surface area contributed by atoms with Crippen molar-refractivity contribution < 1.29 is 14.1 Å². The molecule has 0 bridgehead atoms. The summed E-state index contributed by atoms with van der Waals surface area (Å²) in [6.45, 7) is 6.59. The average Bonchev–Trinajstić information content (AvgIpc) is 3.22. The van der Waals surface area contributed by atoms with Gasteiger partial charge in [0.2, 0.25) is 11.8 Å². The standard InChI is InChI=1S/C22H30N6O3/c1-15-18(22(30)27-10-4-3-5-11-27)13-23-21(24-15)17-7-6-12-28(14-17)20(29)9-8-19-25-16(2)26-31-19/h13,17H,3-12,14H2,1-2H3/t17-/m1/s1. The highest BCUT2D eigenvalue weighted by molar-refractivity contribution is 5.95. The normalized spacial score (nSPS) is 19.5. The number of hydrogen-bond acceptors (Lipinski definition) is 7. The maximum Gasteiger partial charge on any atom is 0.257 e. The van der Waals surface area contributed by atoms with E-state index >= 15 is 0 Å². The van der Waals surface area contributed by atoms with Crippen LogP contribution in [0.1, 0.15) is 78.0 Å². The number of carbonyl (C=O) groups excluding carboxylic acids is 2. The second-order valence-electron chi connectivity index (χ2n) is 8.49. The number of rotatable bonds is 5. The Labute approximate surface area is 182 Å². The zero-order valence-corrected chi connectivity index (χ0v) is 18.3. The lowest BCUT2D eigenvalue weighted by molar-refractivity contribution is -0.132. The molecule has 0 radical (unpaired) electrons. The number of carbonyl (C=O) groups is 2. The van der Waals surface area contributed by atoms with Gasteiger partial charge >= 0.3 is 0 Å². The average molecular weight is 427 g/mol. The molecular formula is C22H30N6O3. The molecule has 166 valence electrons. The van der Waals surface area contributed by atoms with Crippen molar-refractivity contribution >= 4 is 11.8 Å². The van der Waals surface area contributed by atoms with Crippen molar-refractivity contribution in [3.8, 4) is 0 Å². The van der Waals surface area contributed by atoms with Crippen molar-refractivity contribution in [2.24, 2.45) is 0 Å². The Balaban J connectivity index is 1.37. The summed E-state index contributed by atoms with van der Waals surface area (Å²) in [5.41, 5.74) is 1.31. The van der Waals surface area contributed by atoms with E-state index in [9.17, 15) is 9.59 Å². The summed E-state index contributed by atoms with van der Waals surface area (Å²) in [7, 11) is 0. The van der Waals surface area contributed by atoms with Crippen LogP contribution in [0, 0.1) is 13.8 Å². The third-order valence-corrected chi connectivity index (χ3v) is 6.13. The molecule has 0 aromatic carbocycles. The predicted molar refractivity (Wildman–Crippen MR) is 112 cm³/mol. The van der Waals surface area contributed by atoms with Crippen LogP contribution in [-0.2, 0) is 11.2 Å². The van der Waals surface area contributed by atoms with Crippen LogP contribution >= 0.6 is 0 Å². The lowest BCUT2D eigenvalue weighted by atomic mass is 9.96. The largest absolute Gasteiger partial charge is 0.342 e. The Morgan fingerprint density at radius 1 is 1.06 bits per heavy atom. The number of aryl methyl sites for hydroxylation is 3. The highest BCUT2D eigenvalue weighted by Crippen LogP contribution is 2.26. The van der Waals surface area contributed by atoms with E-state index in [2.05, 4.69) is 20.1 Å². The second-order valence-corrected chi connectivity index (χ2v) is 8.49. The summed E-state index contributed by atoms with van der Waals surface area (Å²) in [4.78, 5) is 42.7. The molecule has 0 unspecified atom stereocenters. The van der Waals surface area contributed by atoms with Gasteiger partial charge in [-0.25, -0.2) is 9.97 Å². The Bertz CT molecular complexity index is 937. The molecule has 0 aliphatic carbocycles. The molecule has 31 heavy (non-hydrogen) atoms. The molecule has 2 aromatic rings. The Morgan fingerprint density at radius 2 is 1.84 bits per heavy atom. The van der Waals surface area contributed by atoms with Gasteiger partial charge in [0.15, 0.2) is 5.82 Å². The minimum atomic E-state index is 0.0282. The first-order valence-corrected chi connectivity index (χ1v) is 11.2. The monoisotopic (exact) mass is 426 g/mol. The summed E-state index contributed by atoms with van der Waals surface area (Å²) in [6, 6.07) is 0. The predicted octanol–water partition coefficient (Wildman–Crippen LogP) is 2.44. The summed E-state index contributed by atoms with van der Waals surface area (Å²) in [6.07, 6.45) is 7.61. The molecule has 2 aliphatic heterocycles. The number of hydrogen-bond donors (Lipinski definition) is 0. The minimum absolute atomic E-state index is 0.0282. The van der Waals surface area contributed by atoms with Crippen LogP contribution in [-0.4, -0.2) is 67.9 Å². The van der Waals surface area contributed by atoms with E-state index in [-0.39, 0.29) is 17.7 Å². The zero-order valence-electron chi connectivity index (χ0n) is 18.3. The van der Waals surface area contributed by atoms with Crippen LogP contribution in [0.2, 0.25) is 0 Å². The van der Waals surface area contributed by atoms with Crippen molar-refractivity contribution in [2.75, 3.05) is 26.2 Å². The van der Waals surface area contributed by atoms with Crippen molar-refractivity contribution in [1.29, 1.82) is 0 Å². The van der Waals surface area contributed by atoms with Gasteiger partial charge in [0.1, 0.15) is 5.82 Å². The van der Waals surface area contributed by atoms with E-state index in [1.165, 1.54) is 6.42 Å². The zero-order chi connectivity index (χ0) is 21.8. The second kappa shape index (κ2) is 9.53. The lowest BCUT2D eigenvalue weighted by Gasteiger charge is -2.32. The van der Waals surface area contributed by atoms with E-state index in [1.807, 2.05) is 16.7 Å². The van der Waals surface area contributed by atoms with Crippen LogP contribution in [0.15, 0.2) is 10.7 Å².